The lowest BCUT2D eigenvalue weighted by molar-refractivity contribution is 0.571. The van der Waals surface area contributed by atoms with Crippen molar-refractivity contribution < 1.29 is 0 Å². The molecule has 3 heteroatoms. The molecule has 0 radical (unpaired) electrons. The third kappa shape index (κ3) is 6.62. The average Bonchev–Trinajstić information content (AvgIpc) is 2.31. The molecular weight excluding hydrogens is 222 g/mol. The zero-order chi connectivity index (χ0) is 13.2. The molecule has 102 valence electrons. The van der Waals surface area contributed by atoms with Gasteiger partial charge in [0.15, 0.2) is 0 Å². The Labute approximate surface area is 111 Å². The van der Waals surface area contributed by atoms with E-state index in [1.54, 1.807) is 0 Å². The number of nitrogens with one attached hydrogen (secondary N) is 3. The van der Waals surface area contributed by atoms with E-state index in [0.29, 0.717) is 0 Å². The van der Waals surface area contributed by atoms with Crippen LogP contribution in [0, 0.1) is 13.8 Å². The second kappa shape index (κ2) is 8.95. The minimum absolute atomic E-state index is 0.914. The molecule has 0 heterocycles. The van der Waals surface area contributed by atoms with Gasteiger partial charge in [-0.2, -0.15) is 0 Å². The van der Waals surface area contributed by atoms with Crippen molar-refractivity contribution in [3.05, 3.63) is 29.3 Å². The molecule has 3 N–H and O–H groups in total. The highest BCUT2D eigenvalue weighted by Crippen LogP contribution is 2.13. The first kappa shape index (κ1) is 15.0. The van der Waals surface area contributed by atoms with E-state index in [2.05, 4.69) is 54.9 Å². The first-order chi connectivity index (χ1) is 8.72. The highest BCUT2D eigenvalue weighted by atomic mass is 15.0. The van der Waals surface area contributed by atoms with Crippen LogP contribution in [0.2, 0.25) is 0 Å². The molecule has 1 aromatic carbocycles. The number of rotatable bonds is 9. The van der Waals surface area contributed by atoms with Gasteiger partial charge in [0.1, 0.15) is 0 Å². The number of aryl methyl sites for hydroxylation is 2. The lowest BCUT2D eigenvalue weighted by Crippen LogP contribution is -2.30. The van der Waals surface area contributed by atoms with Crippen LogP contribution < -0.4 is 16.0 Å². The van der Waals surface area contributed by atoms with Crippen LogP contribution in [0.1, 0.15) is 30.9 Å². The predicted molar refractivity (Wildman–Crippen MR) is 80.2 cm³/mol. The minimum atomic E-state index is 0.914. The summed E-state index contributed by atoms with van der Waals surface area (Å²) in [5.41, 5.74) is 3.87. The molecule has 0 fully saturated rings. The van der Waals surface area contributed by atoms with Gasteiger partial charge in [-0.05, 0) is 63.0 Å². The summed E-state index contributed by atoms with van der Waals surface area (Å²) >= 11 is 0. The molecule has 0 atom stereocenters. The average molecular weight is 249 g/mol. The van der Waals surface area contributed by atoms with Crippen molar-refractivity contribution in [3.63, 3.8) is 0 Å². The lowest BCUT2D eigenvalue weighted by Gasteiger charge is -2.09. The molecule has 0 aliphatic rings. The quantitative estimate of drug-likeness (QED) is 0.465. The fraction of sp³-hybridized carbons (Fsp3) is 0.600. The number of benzene rings is 1. The maximum Gasteiger partial charge on any atom is 0.0454 e. The fourth-order valence-electron chi connectivity index (χ4n) is 1.96. The predicted octanol–water partition coefficient (Wildman–Crippen LogP) is 2.65. The van der Waals surface area contributed by atoms with E-state index < -0.39 is 0 Å². The molecule has 0 unspecified atom stereocenters. The van der Waals surface area contributed by atoms with E-state index in [1.807, 2.05) is 0 Å². The van der Waals surface area contributed by atoms with Crippen LogP contribution in [0.5, 0.6) is 0 Å². The molecule has 0 spiro atoms. The molecule has 1 aromatic rings. The summed E-state index contributed by atoms with van der Waals surface area (Å²) in [6, 6.07) is 6.60. The maximum absolute atomic E-state index is 3.47. The Morgan fingerprint density at radius 1 is 0.889 bits per heavy atom. The molecule has 0 amide bonds. The summed E-state index contributed by atoms with van der Waals surface area (Å²) in [7, 11) is 0. The summed E-state index contributed by atoms with van der Waals surface area (Å²) in [4.78, 5) is 0. The van der Waals surface area contributed by atoms with Crippen LogP contribution in [0.4, 0.5) is 5.69 Å². The van der Waals surface area contributed by atoms with Gasteiger partial charge in [0.2, 0.25) is 0 Å². The number of anilines is 1. The third-order valence-corrected chi connectivity index (χ3v) is 2.76. The van der Waals surface area contributed by atoms with Crippen molar-refractivity contribution >= 4 is 5.69 Å². The molecule has 0 saturated carbocycles. The van der Waals surface area contributed by atoms with Gasteiger partial charge in [-0.25, -0.2) is 0 Å². The van der Waals surface area contributed by atoms with E-state index in [4.69, 9.17) is 0 Å². The molecule has 0 aliphatic heterocycles. The van der Waals surface area contributed by atoms with Crippen molar-refractivity contribution in [1.29, 1.82) is 0 Å². The Kier molecular flexibility index (Phi) is 7.46. The van der Waals surface area contributed by atoms with Gasteiger partial charge < -0.3 is 16.0 Å². The van der Waals surface area contributed by atoms with E-state index in [9.17, 15) is 0 Å². The van der Waals surface area contributed by atoms with Gasteiger partial charge in [-0.1, -0.05) is 13.0 Å². The molecule has 0 aliphatic carbocycles. The van der Waals surface area contributed by atoms with Crippen LogP contribution in [0.15, 0.2) is 18.2 Å². The van der Waals surface area contributed by atoms with Gasteiger partial charge in [0.05, 0.1) is 0 Å². The normalized spacial score (nSPS) is 10.6. The molecule has 0 saturated heterocycles. The monoisotopic (exact) mass is 249 g/mol. The second-order valence-corrected chi connectivity index (χ2v) is 4.83. The Hall–Kier alpha value is -1.06. The summed E-state index contributed by atoms with van der Waals surface area (Å²) < 4.78 is 0. The van der Waals surface area contributed by atoms with Crippen molar-refractivity contribution in [2.24, 2.45) is 0 Å². The molecule has 1 rings (SSSR count). The topological polar surface area (TPSA) is 36.1 Å². The van der Waals surface area contributed by atoms with Gasteiger partial charge in [-0.15, -0.1) is 0 Å². The van der Waals surface area contributed by atoms with Crippen LogP contribution in [-0.2, 0) is 0 Å². The molecule has 18 heavy (non-hydrogen) atoms. The summed E-state index contributed by atoms with van der Waals surface area (Å²) in [5.74, 6) is 0. The molecule has 0 aromatic heterocycles. The summed E-state index contributed by atoms with van der Waals surface area (Å²) in [6.07, 6.45) is 2.33. The highest BCUT2D eigenvalue weighted by Gasteiger charge is 1.95. The van der Waals surface area contributed by atoms with E-state index >= 15 is 0 Å². The van der Waals surface area contributed by atoms with Crippen LogP contribution in [-0.4, -0.2) is 26.3 Å². The van der Waals surface area contributed by atoms with Crippen molar-refractivity contribution in [3.8, 4) is 0 Å². The Morgan fingerprint density at radius 2 is 1.56 bits per heavy atom. The molecule has 3 nitrogen and oxygen atoms in total. The Bertz CT molecular complexity index is 316. The van der Waals surface area contributed by atoms with Crippen LogP contribution in [0.3, 0.4) is 0 Å². The van der Waals surface area contributed by atoms with Gasteiger partial charge in [-0.3, -0.25) is 0 Å². The zero-order valence-electron chi connectivity index (χ0n) is 12.0. The Balaban J connectivity index is 2.07. The second-order valence-electron chi connectivity index (χ2n) is 4.83. The van der Waals surface area contributed by atoms with E-state index in [-0.39, 0.29) is 0 Å². The standard InChI is InChI=1S/C15H27N3/c1-4-6-16-12-17-7-5-8-18-15-10-13(2)9-14(3)11-15/h9-11,16-18H,4-8,12H2,1-3H3. The highest BCUT2D eigenvalue weighted by molar-refractivity contribution is 5.48. The van der Waals surface area contributed by atoms with Crippen LogP contribution in [0.25, 0.3) is 0 Å². The third-order valence-electron chi connectivity index (χ3n) is 2.76. The first-order valence-electron chi connectivity index (χ1n) is 6.96. The largest absolute Gasteiger partial charge is 0.385 e. The fourth-order valence-corrected chi connectivity index (χ4v) is 1.96. The molecule has 0 bridgehead atoms. The number of hydrogen-bond donors (Lipinski definition) is 3. The smallest absolute Gasteiger partial charge is 0.0454 e. The van der Waals surface area contributed by atoms with Gasteiger partial charge in [0.25, 0.3) is 0 Å². The summed E-state index contributed by atoms with van der Waals surface area (Å²) in [5, 5.41) is 10.2. The van der Waals surface area contributed by atoms with E-state index in [0.717, 1.165) is 32.7 Å². The molecular formula is C15H27N3. The first-order valence-corrected chi connectivity index (χ1v) is 6.96. The maximum atomic E-state index is 3.47. The Morgan fingerprint density at radius 3 is 2.22 bits per heavy atom. The summed E-state index contributed by atoms with van der Waals surface area (Å²) in [6.45, 7) is 10.5. The SMILES string of the molecule is CCCNCNCCCNc1cc(C)cc(C)c1. The van der Waals surface area contributed by atoms with Crippen molar-refractivity contribution in [2.75, 3.05) is 31.6 Å². The van der Waals surface area contributed by atoms with Gasteiger partial charge >= 0.3 is 0 Å². The van der Waals surface area contributed by atoms with E-state index in [1.165, 1.54) is 23.2 Å². The van der Waals surface area contributed by atoms with Crippen molar-refractivity contribution in [2.45, 2.75) is 33.6 Å². The minimum Gasteiger partial charge on any atom is -0.385 e. The zero-order valence-corrected chi connectivity index (χ0v) is 12.0. The number of hydrogen-bond acceptors (Lipinski definition) is 3. The lowest BCUT2D eigenvalue weighted by atomic mass is 10.1. The van der Waals surface area contributed by atoms with Gasteiger partial charge in [0, 0.05) is 18.9 Å². The van der Waals surface area contributed by atoms with Crippen LogP contribution >= 0.6 is 0 Å². The van der Waals surface area contributed by atoms with Crippen molar-refractivity contribution in [1.82, 2.24) is 10.6 Å².